The van der Waals surface area contributed by atoms with Gasteiger partial charge >= 0.3 is 0 Å². The summed E-state index contributed by atoms with van der Waals surface area (Å²) in [6.07, 6.45) is 1.73. The molecule has 0 aliphatic heterocycles. The molecule has 24 heavy (non-hydrogen) atoms. The molecule has 0 saturated carbocycles. The molecule has 0 fully saturated rings. The summed E-state index contributed by atoms with van der Waals surface area (Å²) in [6, 6.07) is 10.9. The van der Waals surface area contributed by atoms with Crippen LogP contribution in [0, 0.1) is 6.92 Å². The smallest absolute Gasteiger partial charge is 0.258 e. The number of halogens is 2. The molecule has 0 aliphatic rings. The van der Waals surface area contributed by atoms with Gasteiger partial charge in [0, 0.05) is 25.4 Å². The van der Waals surface area contributed by atoms with Crippen LogP contribution >= 0.6 is 23.2 Å². The van der Waals surface area contributed by atoms with Gasteiger partial charge in [0.15, 0.2) is 0 Å². The second-order valence-corrected chi connectivity index (χ2v) is 6.64. The van der Waals surface area contributed by atoms with Gasteiger partial charge in [0.05, 0.1) is 15.7 Å². The van der Waals surface area contributed by atoms with E-state index in [1.165, 1.54) is 0 Å². The molecule has 1 aromatic carbocycles. The highest BCUT2D eigenvalue weighted by Gasteiger charge is 2.10. The van der Waals surface area contributed by atoms with Crippen molar-refractivity contribution < 1.29 is 0 Å². The van der Waals surface area contributed by atoms with Crippen molar-refractivity contribution in [1.82, 2.24) is 14.3 Å². The maximum Gasteiger partial charge on any atom is 0.258 e. The summed E-state index contributed by atoms with van der Waals surface area (Å²) >= 11 is 12.3. The Hall–Kier alpha value is -1.88. The molecule has 0 unspecified atom stereocenters. The van der Waals surface area contributed by atoms with Gasteiger partial charge in [-0.1, -0.05) is 41.4 Å². The van der Waals surface area contributed by atoms with Crippen LogP contribution in [0.25, 0.3) is 5.65 Å². The number of fused-ring (bicyclic) bond motifs is 1. The largest absolute Gasteiger partial charge is 0.296 e. The van der Waals surface area contributed by atoms with Crippen LogP contribution in [0.4, 0.5) is 0 Å². The van der Waals surface area contributed by atoms with E-state index >= 15 is 0 Å². The molecule has 3 aromatic rings. The Morgan fingerprint density at radius 1 is 1.17 bits per heavy atom. The van der Waals surface area contributed by atoms with Crippen molar-refractivity contribution in [2.45, 2.75) is 20.0 Å². The standard InChI is InChI=1S/C18H17Cl2N3O/c1-12-5-4-8-23-16(24)9-14(21-18(12)23)11-22(2)10-13-6-3-7-15(19)17(13)20/h3-9H,10-11H2,1-2H3. The second kappa shape index (κ2) is 6.93. The summed E-state index contributed by atoms with van der Waals surface area (Å²) in [5.74, 6) is 0. The second-order valence-electron chi connectivity index (χ2n) is 5.86. The Kier molecular flexibility index (Phi) is 4.90. The van der Waals surface area contributed by atoms with Crippen LogP contribution in [0.2, 0.25) is 10.0 Å². The fourth-order valence-corrected chi connectivity index (χ4v) is 3.06. The van der Waals surface area contributed by atoms with Crippen LogP contribution in [-0.4, -0.2) is 21.3 Å². The first-order valence-corrected chi connectivity index (χ1v) is 8.30. The highest BCUT2D eigenvalue weighted by Crippen LogP contribution is 2.26. The normalized spacial score (nSPS) is 11.4. The molecule has 4 nitrogen and oxygen atoms in total. The maximum absolute atomic E-state index is 12.3. The Labute approximate surface area is 150 Å². The molecule has 6 heteroatoms. The van der Waals surface area contributed by atoms with Crippen LogP contribution < -0.4 is 5.56 Å². The van der Waals surface area contributed by atoms with Crippen molar-refractivity contribution in [3.63, 3.8) is 0 Å². The summed E-state index contributed by atoms with van der Waals surface area (Å²) < 4.78 is 1.56. The lowest BCUT2D eigenvalue weighted by molar-refractivity contribution is 0.315. The zero-order chi connectivity index (χ0) is 17.3. The Bertz CT molecular complexity index is 953. The van der Waals surface area contributed by atoms with Crippen LogP contribution in [0.5, 0.6) is 0 Å². The van der Waals surface area contributed by atoms with Crippen LogP contribution in [0.1, 0.15) is 16.8 Å². The highest BCUT2D eigenvalue weighted by molar-refractivity contribution is 6.42. The van der Waals surface area contributed by atoms with Crippen LogP contribution in [0.3, 0.4) is 0 Å². The number of pyridine rings is 1. The zero-order valence-electron chi connectivity index (χ0n) is 13.5. The molecule has 0 spiro atoms. The van der Waals surface area contributed by atoms with Gasteiger partial charge in [-0.15, -0.1) is 0 Å². The minimum absolute atomic E-state index is 0.0760. The molecule has 124 valence electrons. The van der Waals surface area contributed by atoms with E-state index in [0.29, 0.717) is 28.8 Å². The first kappa shape index (κ1) is 17.0. The van der Waals surface area contributed by atoms with Gasteiger partial charge in [-0.3, -0.25) is 14.1 Å². The molecular formula is C18H17Cl2N3O. The van der Waals surface area contributed by atoms with E-state index < -0.39 is 0 Å². The lowest BCUT2D eigenvalue weighted by Gasteiger charge is -2.18. The van der Waals surface area contributed by atoms with Crippen molar-refractivity contribution in [3.8, 4) is 0 Å². The monoisotopic (exact) mass is 361 g/mol. The third kappa shape index (κ3) is 3.46. The fraction of sp³-hybridized carbons (Fsp3) is 0.222. The molecule has 3 rings (SSSR count). The molecule has 2 aromatic heterocycles. The van der Waals surface area contributed by atoms with Crippen LogP contribution in [-0.2, 0) is 13.1 Å². The lowest BCUT2D eigenvalue weighted by atomic mass is 10.2. The average molecular weight is 362 g/mol. The first-order valence-electron chi connectivity index (χ1n) is 7.55. The van der Waals surface area contributed by atoms with Gasteiger partial charge in [0.25, 0.3) is 5.56 Å². The molecule has 0 radical (unpaired) electrons. The van der Waals surface area contributed by atoms with Gasteiger partial charge < -0.3 is 0 Å². The van der Waals surface area contributed by atoms with E-state index in [1.807, 2.05) is 43.1 Å². The SMILES string of the molecule is Cc1cccn2c(=O)cc(CN(C)Cc3cccc(Cl)c3Cl)nc12. The average Bonchev–Trinajstić information content (AvgIpc) is 2.53. The number of aromatic nitrogens is 2. The predicted octanol–water partition coefficient (Wildman–Crippen LogP) is 3.94. The van der Waals surface area contributed by atoms with Crippen molar-refractivity contribution in [2.75, 3.05) is 7.05 Å². The van der Waals surface area contributed by atoms with Gasteiger partial charge in [0.2, 0.25) is 0 Å². The van der Waals surface area contributed by atoms with Gasteiger partial charge in [-0.2, -0.15) is 0 Å². The molecule has 0 atom stereocenters. The summed E-state index contributed by atoms with van der Waals surface area (Å²) in [6.45, 7) is 3.11. The Morgan fingerprint density at radius 3 is 2.75 bits per heavy atom. The molecule has 0 aliphatic carbocycles. The van der Waals surface area contributed by atoms with E-state index in [1.54, 1.807) is 22.7 Å². The molecular weight excluding hydrogens is 345 g/mol. The van der Waals surface area contributed by atoms with Crippen molar-refractivity contribution in [1.29, 1.82) is 0 Å². The van der Waals surface area contributed by atoms with Gasteiger partial charge in [-0.05, 0) is 37.2 Å². The quantitative estimate of drug-likeness (QED) is 0.706. The fourth-order valence-electron chi connectivity index (χ4n) is 2.68. The van der Waals surface area contributed by atoms with Crippen LogP contribution in [0.15, 0.2) is 47.4 Å². The topological polar surface area (TPSA) is 37.6 Å². The number of hydrogen-bond donors (Lipinski definition) is 0. The third-order valence-corrected chi connectivity index (χ3v) is 4.70. The number of hydrogen-bond acceptors (Lipinski definition) is 3. The Morgan fingerprint density at radius 2 is 1.96 bits per heavy atom. The van der Waals surface area contributed by atoms with Gasteiger partial charge in [0.1, 0.15) is 5.65 Å². The van der Waals surface area contributed by atoms with E-state index in [-0.39, 0.29) is 5.56 Å². The number of rotatable bonds is 4. The number of aryl methyl sites for hydroxylation is 1. The van der Waals surface area contributed by atoms with Crippen molar-refractivity contribution in [2.24, 2.45) is 0 Å². The van der Waals surface area contributed by atoms with Crippen molar-refractivity contribution >= 4 is 28.8 Å². The summed E-state index contributed by atoms with van der Waals surface area (Å²) in [4.78, 5) is 18.9. The summed E-state index contributed by atoms with van der Waals surface area (Å²) in [7, 11) is 1.96. The van der Waals surface area contributed by atoms with E-state index in [0.717, 1.165) is 16.8 Å². The summed E-state index contributed by atoms with van der Waals surface area (Å²) in [5.41, 5.74) is 3.26. The maximum atomic E-state index is 12.3. The lowest BCUT2D eigenvalue weighted by Crippen LogP contribution is -2.22. The molecule has 0 N–H and O–H groups in total. The minimum atomic E-state index is -0.0760. The highest BCUT2D eigenvalue weighted by atomic mass is 35.5. The number of benzene rings is 1. The molecule has 0 bridgehead atoms. The Balaban J connectivity index is 1.85. The summed E-state index contributed by atoms with van der Waals surface area (Å²) in [5, 5.41) is 1.11. The third-order valence-electron chi connectivity index (χ3n) is 3.84. The predicted molar refractivity (Wildman–Crippen MR) is 97.8 cm³/mol. The van der Waals surface area contributed by atoms with E-state index in [2.05, 4.69) is 4.98 Å². The minimum Gasteiger partial charge on any atom is -0.296 e. The van der Waals surface area contributed by atoms with Crippen molar-refractivity contribution in [3.05, 3.63) is 79.8 Å². The number of nitrogens with zero attached hydrogens (tertiary/aromatic N) is 3. The molecule has 0 saturated heterocycles. The van der Waals surface area contributed by atoms with Gasteiger partial charge in [-0.25, -0.2) is 4.98 Å². The molecule has 2 heterocycles. The zero-order valence-corrected chi connectivity index (χ0v) is 15.0. The first-order chi connectivity index (χ1) is 11.5. The molecule has 0 amide bonds. The van der Waals surface area contributed by atoms with E-state index in [9.17, 15) is 4.79 Å². The van der Waals surface area contributed by atoms with E-state index in [4.69, 9.17) is 23.2 Å².